The Bertz CT molecular complexity index is 1030. The van der Waals surface area contributed by atoms with Gasteiger partial charge in [-0.15, -0.1) is 0 Å². The summed E-state index contributed by atoms with van der Waals surface area (Å²) in [5, 5.41) is 4.07. The van der Waals surface area contributed by atoms with Crippen LogP contribution < -0.4 is 5.32 Å². The van der Waals surface area contributed by atoms with Crippen molar-refractivity contribution in [2.24, 2.45) is 0 Å². The van der Waals surface area contributed by atoms with Crippen molar-refractivity contribution in [3.63, 3.8) is 0 Å². The van der Waals surface area contributed by atoms with Gasteiger partial charge in [0, 0.05) is 45.5 Å². The molecule has 24 heavy (non-hydrogen) atoms. The summed E-state index contributed by atoms with van der Waals surface area (Å²) in [5.41, 5.74) is 3.30. The number of hydrogen-bond acceptors (Lipinski definition) is 4. The predicted octanol–water partition coefficient (Wildman–Crippen LogP) is 4.95. The molecule has 0 amide bonds. The molecule has 4 rings (SSSR count). The molecule has 0 radical (unpaired) electrons. The molecule has 0 unspecified atom stereocenters. The van der Waals surface area contributed by atoms with Crippen molar-refractivity contribution >= 4 is 44.7 Å². The highest BCUT2D eigenvalue weighted by Crippen LogP contribution is 2.34. The lowest BCUT2D eigenvalue weighted by Gasteiger charge is -2.09. The molecule has 1 N–H and O–H groups in total. The van der Waals surface area contributed by atoms with Gasteiger partial charge in [-0.3, -0.25) is 14.4 Å². The van der Waals surface area contributed by atoms with Gasteiger partial charge in [0.05, 0.1) is 6.20 Å². The molecule has 118 valence electrons. The Hall–Kier alpha value is -2.44. The number of aromatic nitrogens is 4. The number of benzene rings is 1. The Balaban J connectivity index is 1.92. The zero-order chi connectivity index (χ0) is 16.5. The van der Waals surface area contributed by atoms with Gasteiger partial charge in [-0.2, -0.15) is 0 Å². The van der Waals surface area contributed by atoms with Gasteiger partial charge in [0.1, 0.15) is 11.5 Å². The molecule has 0 saturated carbocycles. The first kappa shape index (κ1) is 15.1. The molecular weight excluding hydrogens is 390 g/mol. The standard InChI is InChI=1S/C17H11BrClN5/c18-14-4-5-20-9-13(14)16-17(22-12-3-1-2-11(19)8-12)24-7-6-21-10-15(24)23-16/h1-10,22H. The molecule has 0 aliphatic heterocycles. The lowest BCUT2D eigenvalue weighted by Crippen LogP contribution is -1.97. The fraction of sp³-hybridized carbons (Fsp3) is 0. The van der Waals surface area contributed by atoms with E-state index in [9.17, 15) is 0 Å². The Morgan fingerprint density at radius 1 is 1.08 bits per heavy atom. The van der Waals surface area contributed by atoms with E-state index in [1.165, 1.54) is 0 Å². The Kier molecular flexibility index (Phi) is 3.92. The third-order valence-electron chi connectivity index (χ3n) is 3.54. The van der Waals surface area contributed by atoms with Gasteiger partial charge in [0.15, 0.2) is 5.65 Å². The molecule has 0 atom stereocenters. The van der Waals surface area contributed by atoms with E-state index < -0.39 is 0 Å². The van der Waals surface area contributed by atoms with E-state index in [2.05, 4.69) is 31.2 Å². The van der Waals surface area contributed by atoms with Gasteiger partial charge in [0.2, 0.25) is 0 Å². The molecule has 5 nitrogen and oxygen atoms in total. The highest BCUT2D eigenvalue weighted by Gasteiger charge is 2.16. The maximum absolute atomic E-state index is 6.10. The third-order valence-corrected chi connectivity index (χ3v) is 4.47. The Morgan fingerprint density at radius 2 is 1.96 bits per heavy atom. The third kappa shape index (κ3) is 2.74. The van der Waals surface area contributed by atoms with Crippen LogP contribution in [0, 0.1) is 0 Å². The Labute approximate surface area is 151 Å². The van der Waals surface area contributed by atoms with E-state index in [0.717, 1.165) is 32.9 Å². The second-order valence-corrected chi connectivity index (χ2v) is 6.40. The first-order chi connectivity index (χ1) is 11.7. The van der Waals surface area contributed by atoms with E-state index >= 15 is 0 Å². The number of nitrogens with zero attached hydrogens (tertiary/aromatic N) is 4. The average molecular weight is 401 g/mol. The summed E-state index contributed by atoms with van der Waals surface area (Å²) in [5.74, 6) is 0.823. The number of rotatable bonds is 3. The molecule has 3 heterocycles. The molecule has 1 aromatic carbocycles. The second kappa shape index (κ2) is 6.22. The second-order valence-electron chi connectivity index (χ2n) is 5.10. The van der Waals surface area contributed by atoms with Gasteiger partial charge < -0.3 is 5.32 Å². The number of pyridine rings is 1. The fourth-order valence-electron chi connectivity index (χ4n) is 2.47. The van der Waals surface area contributed by atoms with Crippen molar-refractivity contribution in [3.8, 4) is 11.3 Å². The highest BCUT2D eigenvalue weighted by atomic mass is 79.9. The quantitative estimate of drug-likeness (QED) is 0.528. The van der Waals surface area contributed by atoms with Crippen LogP contribution in [0.4, 0.5) is 11.5 Å². The normalized spacial score (nSPS) is 10.9. The summed E-state index contributed by atoms with van der Waals surface area (Å²) in [4.78, 5) is 13.1. The van der Waals surface area contributed by atoms with Crippen molar-refractivity contribution in [1.29, 1.82) is 0 Å². The van der Waals surface area contributed by atoms with Crippen LogP contribution in [-0.2, 0) is 0 Å². The number of anilines is 2. The van der Waals surface area contributed by atoms with Crippen LogP contribution in [0.1, 0.15) is 0 Å². The Morgan fingerprint density at radius 3 is 2.79 bits per heavy atom. The van der Waals surface area contributed by atoms with E-state index in [0.29, 0.717) is 5.02 Å². The van der Waals surface area contributed by atoms with Gasteiger partial charge in [-0.25, -0.2) is 4.98 Å². The van der Waals surface area contributed by atoms with Gasteiger partial charge >= 0.3 is 0 Å². The summed E-state index contributed by atoms with van der Waals surface area (Å²) in [7, 11) is 0. The number of imidazole rings is 1. The van der Waals surface area contributed by atoms with Crippen LogP contribution >= 0.6 is 27.5 Å². The monoisotopic (exact) mass is 399 g/mol. The molecule has 0 saturated heterocycles. The van der Waals surface area contributed by atoms with Crippen molar-refractivity contribution in [3.05, 3.63) is 70.8 Å². The van der Waals surface area contributed by atoms with Gasteiger partial charge in [0.25, 0.3) is 0 Å². The van der Waals surface area contributed by atoms with E-state index in [4.69, 9.17) is 16.6 Å². The smallest absolute Gasteiger partial charge is 0.157 e. The highest BCUT2D eigenvalue weighted by molar-refractivity contribution is 9.10. The van der Waals surface area contributed by atoms with Crippen LogP contribution in [0.15, 0.2) is 65.8 Å². The zero-order valence-electron chi connectivity index (χ0n) is 12.3. The summed E-state index contributed by atoms with van der Waals surface area (Å²) in [6, 6.07) is 9.44. The number of fused-ring (bicyclic) bond motifs is 1. The van der Waals surface area contributed by atoms with E-state index in [1.807, 2.05) is 40.9 Å². The predicted molar refractivity (Wildman–Crippen MR) is 98.7 cm³/mol. The van der Waals surface area contributed by atoms with Crippen LogP contribution in [0.3, 0.4) is 0 Å². The van der Waals surface area contributed by atoms with Crippen LogP contribution in [0.25, 0.3) is 16.9 Å². The van der Waals surface area contributed by atoms with Crippen LogP contribution in [0.2, 0.25) is 5.02 Å². The maximum atomic E-state index is 6.10. The topological polar surface area (TPSA) is 55.1 Å². The van der Waals surface area contributed by atoms with Crippen molar-refractivity contribution < 1.29 is 0 Å². The van der Waals surface area contributed by atoms with Crippen molar-refractivity contribution in [2.45, 2.75) is 0 Å². The minimum absolute atomic E-state index is 0.666. The SMILES string of the molecule is Clc1cccc(Nc2c(-c3cnccc3Br)nc3cnccn23)c1. The minimum Gasteiger partial charge on any atom is -0.339 e. The fourth-order valence-corrected chi connectivity index (χ4v) is 3.07. The molecular formula is C17H11BrClN5. The summed E-state index contributed by atoms with van der Waals surface area (Å²) in [6.07, 6.45) is 8.82. The van der Waals surface area contributed by atoms with Crippen LogP contribution in [0.5, 0.6) is 0 Å². The minimum atomic E-state index is 0.666. The van der Waals surface area contributed by atoms with E-state index in [1.54, 1.807) is 24.8 Å². The molecule has 0 aliphatic rings. The number of nitrogens with one attached hydrogen (secondary N) is 1. The maximum Gasteiger partial charge on any atom is 0.157 e. The van der Waals surface area contributed by atoms with Crippen molar-refractivity contribution in [2.75, 3.05) is 5.32 Å². The molecule has 0 bridgehead atoms. The van der Waals surface area contributed by atoms with Gasteiger partial charge in [-0.1, -0.05) is 17.7 Å². The molecule has 4 aromatic rings. The number of halogens is 2. The zero-order valence-corrected chi connectivity index (χ0v) is 14.7. The lowest BCUT2D eigenvalue weighted by atomic mass is 10.2. The molecule has 0 fully saturated rings. The van der Waals surface area contributed by atoms with E-state index in [-0.39, 0.29) is 0 Å². The lowest BCUT2D eigenvalue weighted by molar-refractivity contribution is 1.13. The van der Waals surface area contributed by atoms with Crippen LogP contribution in [-0.4, -0.2) is 19.4 Å². The summed E-state index contributed by atoms with van der Waals surface area (Å²) < 4.78 is 2.87. The molecule has 3 aromatic heterocycles. The molecule has 7 heteroatoms. The largest absolute Gasteiger partial charge is 0.339 e. The summed E-state index contributed by atoms with van der Waals surface area (Å²) >= 11 is 9.66. The van der Waals surface area contributed by atoms with Gasteiger partial charge in [-0.05, 0) is 40.2 Å². The first-order valence-corrected chi connectivity index (χ1v) is 8.34. The van der Waals surface area contributed by atoms with Crippen molar-refractivity contribution in [1.82, 2.24) is 19.4 Å². The number of hydrogen-bond donors (Lipinski definition) is 1. The summed E-state index contributed by atoms with van der Waals surface area (Å²) in [6.45, 7) is 0. The molecule has 0 aliphatic carbocycles. The molecule has 0 spiro atoms. The average Bonchev–Trinajstić information content (AvgIpc) is 2.94. The first-order valence-electron chi connectivity index (χ1n) is 7.17.